The second-order valence-electron chi connectivity index (χ2n) is 5.56. The Bertz CT molecular complexity index is 592. The van der Waals surface area contributed by atoms with E-state index in [9.17, 15) is 8.42 Å². The molecule has 1 atom stereocenters. The van der Waals surface area contributed by atoms with Gasteiger partial charge in [-0.2, -0.15) is 9.40 Å². The largest absolute Gasteiger partial charge is 0.384 e. The van der Waals surface area contributed by atoms with Crippen LogP contribution in [0.5, 0.6) is 0 Å². The monoisotopic (exact) mass is 299 g/mol. The number of hydrogen-bond donors (Lipinski definition) is 0. The van der Waals surface area contributed by atoms with Gasteiger partial charge in [-0.25, -0.2) is 8.42 Å². The van der Waals surface area contributed by atoms with E-state index >= 15 is 0 Å². The standard InChI is InChI=1S/C13H21N3O3S/c1-3-16-13-10(6-14-16)7-15(8-11(13)9-19-2)20(17,18)12-4-5-12/h6,11-12H,3-5,7-9H2,1-2H3/t11-/m1/s1. The maximum atomic E-state index is 12.4. The van der Waals surface area contributed by atoms with Gasteiger partial charge in [0.25, 0.3) is 0 Å². The summed E-state index contributed by atoms with van der Waals surface area (Å²) in [5.74, 6) is 0.0692. The van der Waals surface area contributed by atoms with Crippen LogP contribution in [0.1, 0.15) is 36.9 Å². The molecular weight excluding hydrogens is 278 g/mol. The molecule has 20 heavy (non-hydrogen) atoms. The third-order valence-electron chi connectivity index (χ3n) is 4.09. The van der Waals surface area contributed by atoms with Gasteiger partial charge in [-0.15, -0.1) is 0 Å². The van der Waals surface area contributed by atoms with Crippen LogP contribution in [0.2, 0.25) is 0 Å². The molecule has 0 unspecified atom stereocenters. The van der Waals surface area contributed by atoms with Gasteiger partial charge >= 0.3 is 0 Å². The third-order valence-corrected chi connectivity index (χ3v) is 6.40. The fourth-order valence-corrected chi connectivity index (χ4v) is 4.83. The molecule has 2 aliphatic rings. The predicted octanol–water partition coefficient (Wildman–Crippen LogP) is 0.941. The van der Waals surface area contributed by atoms with Crippen LogP contribution in [0.15, 0.2) is 6.20 Å². The summed E-state index contributed by atoms with van der Waals surface area (Å²) in [7, 11) is -1.49. The summed E-state index contributed by atoms with van der Waals surface area (Å²) in [5.41, 5.74) is 2.15. The number of rotatable bonds is 5. The second-order valence-corrected chi connectivity index (χ2v) is 7.77. The molecule has 1 saturated carbocycles. The molecule has 0 spiro atoms. The predicted molar refractivity (Wildman–Crippen MR) is 74.9 cm³/mol. The average molecular weight is 299 g/mol. The van der Waals surface area contributed by atoms with Crippen LogP contribution in [0.25, 0.3) is 0 Å². The molecule has 0 amide bonds. The van der Waals surface area contributed by atoms with E-state index < -0.39 is 10.0 Å². The summed E-state index contributed by atoms with van der Waals surface area (Å²) in [5, 5.41) is 4.21. The van der Waals surface area contributed by atoms with Crippen LogP contribution in [-0.4, -0.2) is 48.0 Å². The molecule has 7 heteroatoms. The highest BCUT2D eigenvalue weighted by atomic mass is 32.2. The Morgan fingerprint density at radius 3 is 2.80 bits per heavy atom. The molecule has 1 aliphatic carbocycles. The summed E-state index contributed by atoms with van der Waals surface area (Å²) >= 11 is 0. The van der Waals surface area contributed by atoms with E-state index in [1.54, 1.807) is 17.6 Å². The molecule has 1 aliphatic heterocycles. The lowest BCUT2D eigenvalue weighted by molar-refractivity contribution is 0.159. The Hall–Kier alpha value is -0.920. The van der Waals surface area contributed by atoms with Crippen molar-refractivity contribution in [1.82, 2.24) is 14.1 Å². The van der Waals surface area contributed by atoms with Crippen LogP contribution < -0.4 is 0 Å². The van der Waals surface area contributed by atoms with E-state index in [1.165, 1.54) is 0 Å². The molecule has 1 fully saturated rings. The van der Waals surface area contributed by atoms with Crippen molar-refractivity contribution < 1.29 is 13.2 Å². The van der Waals surface area contributed by atoms with Gasteiger partial charge in [0.1, 0.15) is 0 Å². The van der Waals surface area contributed by atoms with Crippen molar-refractivity contribution in [2.75, 3.05) is 20.3 Å². The zero-order valence-electron chi connectivity index (χ0n) is 11.9. The van der Waals surface area contributed by atoms with E-state index in [-0.39, 0.29) is 11.2 Å². The molecule has 0 bridgehead atoms. The highest BCUT2D eigenvalue weighted by Gasteiger charge is 2.43. The van der Waals surface area contributed by atoms with Crippen LogP contribution in [0.4, 0.5) is 0 Å². The first-order valence-corrected chi connectivity index (χ1v) is 8.60. The van der Waals surface area contributed by atoms with Crippen molar-refractivity contribution in [3.63, 3.8) is 0 Å². The summed E-state index contributed by atoms with van der Waals surface area (Å²) in [6.45, 7) is 4.32. The van der Waals surface area contributed by atoms with Crippen LogP contribution in [0, 0.1) is 0 Å². The number of sulfonamides is 1. The summed E-state index contributed by atoms with van der Waals surface area (Å²) < 4.78 is 33.7. The maximum Gasteiger partial charge on any atom is 0.217 e. The van der Waals surface area contributed by atoms with Crippen LogP contribution >= 0.6 is 0 Å². The molecule has 6 nitrogen and oxygen atoms in total. The fourth-order valence-electron chi connectivity index (χ4n) is 2.97. The lowest BCUT2D eigenvalue weighted by Gasteiger charge is -2.32. The lowest BCUT2D eigenvalue weighted by Crippen LogP contribution is -2.41. The first-order valence-electron chi connectivity index (χ1n) is 7.10. The SMILES string of the molecule is CCn1ncc2c1[C@@H](COC)CN(S(=O)(=O)C1CC1)C2. The van der Waals surface area contributed by atoms with Gasteiger partial charge in [0.2, 0.25) is 10.0 Å². The van der Waals surface area contributed by atoms with Crippen molar-refractivity contribution in [3.8, 4) is 0 Å². The van der Waals surface area contributed by atoms with Gasteiger partial charge in [-0.3, -0.25) is 4.68 Å². The molecule has 0 N–H and O–H groups in total. The van der Waals surface area contributed by atoms with Gasteiger partial charge in [-0.05, 0) is 19.8 Å². The van der Waals surface area contributed by atoms with Crippen LogP contribution in [-0.2, 0) is 27.8 Å². The number of nitrogens with zero attached hydrogens (tertiary/aromatic N) is 3. The van der Waals surface area contributed by atoms with E-state index in [0.717, 1.165) is 30.6 Å². The normalized spacial score (nSPS) is 23.8. The molecule has 112 valence electrons. The molecular formula is C13H21N3O3S. The first kappa shape index (κ1) is 14.0. The third kappa shape index (κ3) is 2.27. The van der Waals surface area contributed by atoms with Crippen molar-refractivity contribution in [2.45, 2.75) is 44.0 Å². The zero-order valence-corrected chi connectivity index (χ0v) is 12.8. The minimum absolute atomic E-state index is 0.0692. The van der Waals surface area contributed by atoms with Gasteiger partial charge in [0.15, 0.2) is 0 Å². The molecule has 1 aromatic rings. The number of ether oxygens (including phenoxy) is 1. The van der Waals surface area contributed by atoms with E-state index in [4.69, 9.17) is 4.74 Å². The Morgan fingerprint density at radius 2 is 2.20 bits per heavy atom. The van der Waals surface area contributed by atoms with Crippen molar-refractivity contribution in [3.05, 3.63) is 17.5 Å². The zero-order chi connectivity index (χ0) is 14.3. The lowest BCUT2D eigenvalue weighted by atomic mass is 9.98. The highest BCUT2D eigenvalue weighted by molar-refractivity contribution is 7.90. The Labute approximate surface area is 119 Å². The number of aromatic nitrogens is 2. The molecule has 0 radical (unpaired) electrons. The van der Waals surface area contributed by atoms with Crippen molar-refractivity contribution >= 4 is 10.0 Å². The van der Waals surface area contributed by atoms with Gasteiger partial charge < -0.3 is 4.74 Å². The Morgan fingerprint density at radius 1 is 1.45 bits per heavy atom. The highest BCUT2D eigenvalue weighted by Crippen LogP contribution is 2.36. The minimum Gasteiger partial charge on any atom is -0.384 e. The Balaban J connectivity index is 1.93. The molecule has 0 saturated heterocycles. The van der Waals surface area contributed by atoms with Crippen LogP contribution in [0.3, 0.4) is 0 Å². The number of fused-ring (bicyclic) bond motifs is 1. The van der Waals surface area contributed by atoms with E-state index in [2.05, 4.69) is 5.10 Å². The van der Waals surface area contributed by atoms with E-state index in [0.29, 0.717) is 19.7 Å². The molecule has 0 aromatic carbocycles. The van der Waals surface area contributed by atoms with Crippen molar-refractivity contribution in [2.24, 2.45) is 0 Å². The quantitative estimate of drug-likeness (QED) is 0.812. The second kappa shape index (κ2) is 5.13. The molecule has 1 aromatic heterocycles. The number of methoxy groups -OCH3 is 1. The maximum absolute atomic E-state index is 12.4. The van der Waals surface area contributed by atoms with Crippen molar-refractivity contribution in [1.29, 1.82) is 0 Å². The van der Waals surface area contributed by atoms with Gasteiger partial charge in [0.05, 0.1) is 18.1 Å². The minimum atomic E-state index is -3.14. The topological polar surface area (TPSA) is 64.4 Å². The summed E-state index contributed by atoms with van der Waals surface area (Å²) in [4.78, 5) is 0. The molecule has 3 rings (SSSR count). The fraction of sp³-hybridized carbons (Fsp3) is 0.769. The smallest absolute Gasteiger partial charge is 0.217 e. The first-order chi connectivity index (χ1) is 9.57. The number of hydrogen-bond acceptors (Lipinski definition) is 4. The molecule has 2 heterocycles. The van der Waals surface area contributed by atoms with Gasteiger partial charge in [-0.1, -0.05) is 0 Å². The van der Waals surface area contributed by atoms with Gasteiger partial charge in [0, 0.05) is 43.9 Å². The summed E-state index contributed by atoms with van der Waals surface area (Å²) in [6.07, 6.45) is 3.40. The number of aryl methyl sites for hydroxylation is 1. The average Bonchev–Trinajstić information content (AvgIpc) is 3.20. The Kier molecular flexibility index (Phi) is 3.60. The summed E-state index contributed by atoms with van der Waals surface area (Å²) in [6, 6.07) is 0. The van der Waals surface area contributed by atoms with E-state index in [1.807, 2.05) is 11.6 Å².